The lowest BCUT2D eigenvalue weighted by molar-refractivity contribution is -0.131. The average Bonchev–Trinajstić information content (AvgIpc) is 3.16. The van der Waals surface area contributed by atoms with Crippen LogP contribution in [-0.2, 0) is 24.3 Å². The van der Waals surface area contributed by atoms with Gasteiger partial charge in [0.1, 0.15) is 5.75 Å². The number of rotatable bonds is 8. The minimum atomic E-state index is 0.178. The Morgan fingerprint density at radius 2 is 1.82 bits per heavy atom. The second-order valence-corrected chi connectivity index (χ2v) is 6.91. The molecular formula is C22H28N4O2. The zero-order valence-electron chi connectivity index (χ0n) is 16.4. The molecule has 0 spiro atoms. The van der Waals surface area contributed by atoms with Gasteiger partial charge in [0.25, 0.3) is 0 Å². The predicted molar refractivity (Wildman–Crippen MR) is 111 cm³/mol. The van der Waals surface area contributed by atoms with Gasteiger partial charge >= 0.3 is 0 Å². The van der Waals surface area contributed by atoms with E-state index in [1.165, 1.54) is 16.7 Å². The fourth-order valence-electron chi connectivity index (χ4n) is 3.28. The first kappa shape index (κ1) is 19.7. The molecule has 2 aromatic rings. The number of hydrogen-bond acceptors (Lipinski definition) is 3. The number of aliphatic imine (C=N–C) groups is 1. The summed E-state index contributed by atoms with van der Waals surface area (Å²) in [7, 11) is 1.66. The van der Waals surface area contributed by atoms with Gasteiger partial charge in [0.05, 0.1) is 7.11 Å². The van der Waals surface area contributed by atoms with E-state index in [4.69, 9.17) is 10.5 Å². The van der Waals surface area contributed by atoms with Crippen LogP contribution >= 0.6 is 0 Å². The first-order chi connectivity index (χ1) is 13.7. The Kier molecular flexibility index (Phi) is 6.89. The number of fused-ring (bicyclic) bond motifs is 1. The number of amides is 1. The maximum atomic E-state index is 12.4. The molecule has 1 heterocycles. The molecule has 0 aliphatic carbocycles. The van der Waals surface area contributed by atoms with E-state index >= 15 is 0 Å². The van der Waals surface area contributed by atoms with Crippen molar-refractivity contribution in [3.05, 3.63) is 65.2 Å². The molecule has 0 fully saturated rings. The van der Waals surface area contributed by atoms with Crippen molar-refractivity contribution >= 4 is 11.9 Å². The van der Waals surface area contributed by atoms with E-state index in [9.17, 15) is 4.79 Å². The van der Waals surface area contributed by atoms with Gasteiger partial charge in [0.2, 0.25) is 5.91 Å². The van der Waals surface area contributed by atoms with Crippen LogP contribution in [0.4, 0.5) is 0 Å². The van der Waals surface area contributed by atoms with E-state index < -0.39 is 0 Å². The van der Waals surface area contributed by atoms with Crippen molar-refractivity contribution in [2.24, 2.45) is 10.7 Å². The van der Waals surface area contributed by atoms with Crippen molar-refractivity contribution in [2.75, 3.05) is 20.2 Å². The molecule has 3 rings (SSSR count). The van der Waals surface area contributed by atoms with E-state index in [1.807, 2.05) is 41.3 Å². The van der Waals surface area contributed by atoms with Crippen LogP contribution in [-0.4, -0.2) is 37.0 Å². The fourth-order valence-corrected chi connectivity index (χ4v) is 3.28. The van der Waals surface area contributed by atoms with Crippen LogP contribution in [0.5, 0.6) is 5.75 Å². The highest BCUT2D eigenvalue weighted by Crippen LogP contribution is 2.22. The number of carbonyl (C=O) groups excluding carboxylic acids is 1. The number of guanidine groups is 1. The Bertz CT molecular complexity index is 793. The molecule has 0 atom stereocenters. The maximum absolute atomic E-state index is 12.4. The minimum Gasteiger partial charge on any atom is -0.497 e. The smallest absolute Gasteiger partial charge is 0.223 e. The average molecular weight is 380 g/mol. The summed E-state index contributed by atoms with van der Waals surface area (Å²) in [4.78, 5) is 18.6. The summed E-state index contributed by atoms with van der Waals surface area (Å²) in [6.07, 6.45) is 2.05. The van der Waals surface area contributed by atoms with E-state index in [1.54, 1.807) is 7.11 Å². The highest BCUT2D eigenvalue weighted by molar-refractivity contribution is 5.78. The van der Waals surface area contributed by atoms with Gasteiger partial charge in [-0.2, -0.15) is 0 Å². The van der Waals surface area contributed by atoms with Crippen molar-refractivity contribution in [2.45, 2.75) is 32.4 Å². The molecule has 0 saturated carbocycles. The maximum Gasteiger partial charge on any atom is 0.223 e. The van der Waals surface area contributed by atoms with E-state index in [2.05, 4.69) is 22.4 Å². The summed E-state index contributed by atoms with van der Waals surface area (Å²) in [6.45, 7) is 2.70. The van der Waals surface area contributed by atoms with Gasteiger partial charge in [-0.1, -0.05) is 36.4 Å². The molecule has 28 heavy (non-hydrogen) atoms. The second-order valence-electron chi connectivity index (χ2n) is 6.91. The fraction of sp³-hybridized carbons (Fsp3) is 0.364. The summed E-state index contributed by atoms with van der Waals surface area (Å²) in [5.41, 5.74) is 9.61. The Morgan fingerprint density at radius 1 is 1.14 bits per heavy atom. The third-order valence-electron chi connectivity index (χ3n) is 4.90. The van der Waals surface area contributed by atoms with Gasteiger partial charge in [0, 0.05) is 32.6 Å². The van der Waals surface area contributed by atoms with Crippen LogP contribution in [0.1, 0.15) is 29.5 Å². The Morgan fingerprint density at radius 3 is 2.46 bits per heavy atom. The first-order valence-corrected chi connectivity index (χ1v) is 9.67. The lowest BCUT2D eigenvalue weighted by atomic mass is 10.1. The van der Waals surface area contributed by atoms with Gasteiger partial charge in [0.15, 0.2) is 5.96 Å². The van der Waals surface area contributed by atoms with Gasteiger partial charge in [-0.25, -0.2) is 0 Å². The summed E-state index contributed by atoms with van der Waals surface area (Å²) in [5, 5.41) is 3.12. The van der Waals surface area contributed by atoms with Crippen LogP contribution in [0.15, 0.2) is 53.5 Å². The zero-order valence-corrected chi connectivity index (χ0v) is 16.4. The van der Waals surface area contributed by atoms with Crippen LogP contribution in [0.3, 0.4) is 0 Å². The molecule has 1 aliphatic rings. The normalized spacial score (nSPS) is 13.3. The summed E-state index contributed by atoms with van der Waals surface area (Å²) < 4.78 is 5.15. The lowest BCUT2D eigenvalue weighted by Gasteiger charge is -2.14. The molecule has 1 aliphatic heterocycles. The molecule has 1 amide bonds. The number of carbonyl (C=O) groups is 1. The van der Waals surface area contributed by atoms with Crippen molar-refractivity contribution in [1.29, 1.82) is 0 Å². The monoisotopic (exact) mass is 380 g/mol. The largest absolute Gasteiger partial charge is 0.497 e. The Balaban J connectivity index is 1.31. The first-order valence-electron chi connectivity index (χ1n) is 9.67. The van der Waals surface area contributed by atoms with E-state index in [-0.39, 0.29) is 5.91 Å². The van der Waals surface area contributed by atoms with Crippen LogP contribution in [0, 0.1) is 0 Å². The minimum absolute atomic E-state index is 0.178. The molecule has 3 N–H and O–H groups in total. The van der Waals surface area contributed by atoms with Crippen LogP contribution < -0.4 is 15.8 Å². The molecule has 0 unspecified atom stereocenters. The number of benzene rings is 2. The van der Waals surface area contributed by atoms with Gasteiger partial charge in [-0.15, -0.1) is 0 Å². The molecule has 0 aromatic heterocycles. The third-order valence-corrected chi connectivity index (χ3v) is 4.90. The molecule has 0 bridgehead atoms. The van der Waals surface area contributed by atoms with E-state index in [0.717, 1.165) is 12.2 Å². The quantitative estimate of drug-likeness (QED) is 0.419. The Labute approximate surface area is 166 Å². The number of nitrogens with zero attached hydrogens (tertiary/aromatic N) is 2. The van der Waals surface area contributed by atoms with Crippen molar-refractivity contribution in [1.82, 2.24) is 10.2 Å². The number of nitrogens with one attached hydrogen (secondary N) is 1. The summed E-state index contributed by atoms with van der Waals surface area (Å²) in [6, 6.07) is 16.2. The molecule has 0 radical (unpaired) electrons. The highest BCUT2D eigenvalue weighted by atomic mass is 16.5. The van der Waals surface area contributed by atoms with Gasteiger partial charge in [-0.05, 0) is 41.7 Å². The molecule has 2 aromatic carbocycles. The molecule has 6 nitrogen and oxygen atoms in total. The van der Waals surface area contributed by atoms with E-state index in [0.29, 0.717) is 45.0 Å². The summed E-state index contributed by atoms with van der Waals surface area (Å²) >= 11 is 0. The molecule has 6 heteroatoms. The number of ether oxygens (including phenoxy) is 1. The topological polar surface area (TPSA) is 80.0 Å². The standard InChI is InChI=1S/C22H28N4O2/c1-28-20-10-8-17(9-11-20)12-14-25-22(23)24-13-4-7-21(27)26-15-18-5-2-3-6-19(18)16-26/h2-3,5-6,8-11H,4,7,12-16H2,1H3,(H3,23,24,25). The second kappa shape index (κ2) is 9.78. The number of methoxy groups -OCH3 is 1. The SMILES string of the molecule is COc1ccc(CCNC(N)=NCCCC(=O)N2Cc3ccccc3C2)cc1. The van der Waals surface area contributed by atoms with Crippen LogP contribution in [0.2, 0.25) is 0 Å². The zero-order chi connectivity index (χ0) is 19.8. The number of hydrogen-bond donors (Lipinski definition) is 2. The highest BCUT2D eigenvalue weighted by Gasteiger charge is 2.22. The number of nitrogens with two attached hydrogens (primary N) is 1. The predicted octanol–water partition coefficient (Wildman–Crippen LogP) is 2.46. The van der Waals surface area contributed by atoms with Crippen molar-refractivity contribution in [3.8, 4) is 5.75 Å². The van der Waals surface area contributed by atoms with Crippen molar-refractivity contribution in [3.63, 3.8) is 0 Å². The van der Waals surface area contributed by atoms with Crippen molar-refractivity contribution < 1.29 is 9.53 Å². The molecule has 0 saturated heterocycles. The molecular weight excluding hydrogens is 352 g/mol. The third kappa shape index (κ3) is 5.49. The Hall–Kier alpha value is -3.02. The summed E-state index contributed by atoms with van der Waals surface area (Å²) in [5.74, 6) is 1.46. The lowest BCUT2D eigenvalue weighted by Crippen LogP contribution is -2.33. The van der Waals surface area contributed by atoms with Gasteiger partial charge in [-0.3, -0.25) is 9.79 Å². The molecule has 148 valence electrons. The van der Waals surface area contributed by atoms with Crippen LogP contribution in [0.25, 0.3) is 0 Å². The van der Waals surface area contributed by atoms with Gasteiger partial charge < -0.3 is 20.7 Å².